The Morgan fingerprint density at radius 3 is 2.62 bits per heavy atom. The summed E-state index contributed by atoms with van der Waals surface area (Å²) in [4.78, 5) is 29.0. The molecule has 2 amide bonds. The summed E-state index contributed by atoms with van der Waals surface area (Å²) in [5.41, 5.74) is 0.834. The van der Waals surface area contributed by atoms with Crippen LogP contribution in [0.4, 0.5) is 0 Å². The van der Waals surface area contributed by atoms with Crippen LogP contribution in [0.2, 0.25) is 0 Å². The highest BCUT2D eigenvalue weighted by atomic mass is 16.2. The van der Waals surface area contributed by atoms with Gasteiger partial charge < -0.3 is 9.80 Å². The summed E-state index contributed by atoms with van der Waals surface area (Å²) in [7, 11) is 0. The number of rotatable bonds is 6. The fourth-order valence-electron chi connectivity index (χ4n) is 3.11. The molecule has 1 aliphatic rings. The van der Waals surface area contributed by atoms with Gasteiger partial charge in [-0.15, -0.1) is 0 Å². The molecule has 5 heteroatoms. The number of likely N-dealkylation sites (N-methyl/N-ethyl adjacent to an activating group) is 1. The Kier molecular flexibility index (Phi) is 6.36. The van der Waals surface area contributed by atoms with Crippen molar-refractivity contribution in [2.45, 2.75) is 39.2 Å². The second kappa shape index (κ2) is 8.49. The van der Waals surface area contributed by atoms with Gasteiger partial charge in [-0.25, -0.2) is 0 Å². The van der Waals surface area contributed by atoms with E-state index in [1.165, 1.54) is 0 Å². The number of nitriles is 1. The molecule has 5 nitrogen and oxygen atoms in total. The van der Waals surface area contributed by atoms with Gasteiger partial charge in [-0.2, -0.15) is 5.26 Å². The molecule has 1 aromatic rings. The van der Waals surface area contributed by atoms with Gasteiger partial charge in [0.15, 0.2) is 0 Å². The smallest absolute Gasteiger partial charge is 0.250 e. The molecule has 0 radical (unpaired) electrons. The lowest BCUT2D eigenvalue weighted by Crippen LogP contribution is -2.48. The van der Waals surface area contributed by atoms with E-state index < -0.39 is 6.04 Å². The van der Waals surface area contributed by atoms with Crippen LogP contribution in [-0.2, 0) is 9.59 Å². The number of amides is 2. The molecule has 1 heterocycles. The molecular formula is C19H25N3O2. The second-order valence-electron chi connectivity index (χ2n) is 6.26. The topological polar surface area (TPSA) is 64.4 Å². The van der Waals surface area contributed by atoms with E-state index in [0.29, 0.717) is 26.1 Å². The molecule has 2 rings (SSSR count). The summed E-state index contributed by atoms with van der Waals surface area (Å²) in [5.74, 6) is -0.295. The lowest BCUT2D eigenvalue weighted by atomic mass is 9.99. The van der Waals surface area contributed by atoms with Crippen molar-refractivity contribution in [2.24, 2.45) is 5.92 Å². The lowest BCUT2D eigenvalue weighted by molar-refractivity contribution is -0.148. The minimum atomic E-state index is -0.593. The standard InChI is InChI=1S/C19H25N3O2/c1-3-21(14-15(2)13-20)19(24)18(16-9-5-4-6-10-16)22-12-8-7-11-17(22)23/h4-6,9-10,15,18H,3,7-8,11-12,14H2,1-2H3/t15-,18+/m1/s1. The molecule has 128 valence electrons. The van der Waals surface area contributed by atoms with Crippen molar-refractivity contribution >= 4 is 11.8 Å². The number of likely N-dealkylation sites (tertiary alicyclic amines) is 1. The number of hydrogen-bond acceptors (Lipinski definition) is 3. The molecule has 0 spiro atoms. The summed E-state index contributed by atoms with van der Waals surface area (Å²) in [6.07, 6.45) is 2.30. The van der Waals surface area contributed by atoms with Gasteiger partial charge in [0.2, 0.25) is 11.8 Å². The van der Waals surface area contributed by atoms with Crippen LogP contribution in [-0.4, -0.2) is 41.2 Å². The Morgan fingerprint density at radius 2 is 2.04 bits per heavy atom. The maximum absolute atomic E-state index is 13.2. The van der Waals surface area contributed by atoms with Crippen LogP contribution in [0.3, 0.4) is 0 Å². The Labute approximate surface area is 143 Å². The van der Waals surface area contributed by atoms with Crippen LogP contribution in [0.1, 0.15) is 44.7 Å². The van der Waals surface area contributed by atoms with Crippen molar-refractivity contribution in [3.8, 4) is 6.07 Å². The van der Waals surface area contributed by atoms with Crippen molar-refractivity contribution in [3.63, 3.8) is 0 Å². The van der Waals surface area contributed by atoms with Gasteiger partial charge >= 0.3 is 0 Å². The maximum Gasteiger partial charge on any atom is 0.250 e. The molecule has 0 bridgehead atoms. The Morgan fingerprint density at radius 1 is 1.33 bits per heavy atom. The van der Waals surface area contributed by atoms with Gasteiger partial charge in [0.05, 0.1) is 12.0 Å². The molecular weight excluding hydrogens is 302 g/mol. The normalized spacial score (nSPS) is 17.0. The van der Waals surface area contributed by atoms with Crippen LogP contribution in [0.25, 0.3) is 0 Å². The zero-order valence-electron chi connectivity index (χ0n) is 14.4. The molecule has 1 aliphatic heterocycles. The molecule has 1 aromatic carbocycles. The average Bonchev–Trinajstić information content (AvgIpc) is 2.62. The van der Waals surface area contributed by atoms with Crippen molar-refractivity contribution in [1.82, 2.24) is 9.80 Å². The molecule has 0 saturated carbocycles. The molecule has 2 atom stereocenters. The highest BCUT2D eigenvalue weighted by Gasteiger charge is 2.35. The van der Waals surface area contributed by atoms with Crippen LogP contribution in [0.15, 0.2) is 30.3 Å². The zero-order valence-corrected chi connectivity index (χ0v) is 14.4. The summed E-state index contributed by atoms with van der Waals surface area (Å²) < 4.78 is 0. The summed E-state index contributed by atoms with van der Waals surface area (Å²) in [6.45, 7) is 5.23. The largest absolute Gasteiger partial charge is 0.340 e. The quantitative estimate of drug-likeness (QED) is 0.807. The predicted octanol–water partition coefficient (Wildman–Crippen LogP) is 2.75. The second-order valence-corrected chi connectivity index (χ2v) is 6.26. The van der Waals surface area contributed by atoms with E-state index >= 15 is 0 Å². The van der Waals surface area contributed by atoms with Crippen molar-refractivity contribution in [3.05, 3.63) is 35.9 Å². The number of carbonyl (C=O) groups is 2. The third kappa shape index (κ3) is 4.14. The first-order valence-electron chi connectivity index (χ1n) is 8.61. The van der Waals surface area contributed by atoms with E-state index in [-0.39, 0.29) is 17.7 Å². The van der Waals surface area contributed by atoms with E-state index in [1.807, 2.05) is 37.3 Å². The minimum absolute atomic E-state index is 0.0350. The summed E-state index contributed by atoms with van der Waals surface area (Å²) in [5, 5.41) is 9.05. The lowest BCUT2D eigenvalue weighted by Gasteiger charge is -2.37. The number of hydrogen-bond donors (Lipinski definition) is 0. The van der Waals surface area contributed by atoms with E-state index in [0.717, 1.165) is 18.4 Å². The number of nitrogens with zero attached hydrogens (tertiary/aromatic N) is 3. The fourth-order valence-corrected chi connectivity index (χ4v) is 3.11. The fraction of sp³-hybridized carbons (Fsp3) is 0.526. The molecule has 1 saturated heterocycles. The van der Waals surface area contributed by atoms with Crippen molar-refractivity contribution in [2.75, 3.05) is 19.6 Å². The first kappa shape index (κ1) is 18.0. The van der Waals surface area contributed by atoms with Gasteiger partial charge in [0, 0.05) is 26.1 Å². The molecule has 24 heavy (non-hydrogen) atoms. The first-order chi connectivity index (χ1) is 11.6. The molecule has 0 aromatic heterocycles. The van der Waals surface area contributed by atoms with E-state index in [9.17, 15) is 9.59 Å². The minimum Gasteiger partial charge on any atom is -0.340 e. The highest BCUT2D eigenvalue weighted by Crippen LogP contribution is 2.27. The van der Waals surface area contributed by atoms with Crippen LogP contribution in [0, 0.1) is 17.2 Å². The molecule has 0 N–H and O–H groups in total. The van der Waals surface area contributed by atoms with Crippen molar-refractivity contribution in [1.29, 1.82) is 5.26 Å². The molecule has 0 unspecified atom stereocenters. The third-order valence-corrected chi connectivity index (χ3v) is 4.43. The third-order valence-electron chi connectivity index (χ3n) is 4.43. The van der Waals surface area contributed by atoms with Gasteiger partial charge in [0.1, 0.15) is 6.04 Å². The van der Waals surface area contributed by atoms with Crippen LogP contribution >= 0.6 is 0 Å². The maximum atomic E-state index is 13.2. The predicted molar refractivity (Wildman–Crippen MR) is 91.8 cm³/mol. The van der Waals surface area contributed by atoms with Crippen LogP contribution in [0.5, 0.6) is 0 Å². The Bertz CT molecular complexity index is 609. The number of carbonyl (C=O) groups excluding carboxylic acids is 2. The SMILES string of the molecule is CCN(C[C@H](C)C#N)C(=O)[C@H](c1ccccc1)N1CCCCC1=O. The summed E-state index contributed by atoms with van der Waals surface area (Å²) in [6, 6.07) is 11.0. The van der Waals surface area contributed by atoms with E-state index in [2.05, 4.69) is 6.07 Å². The van der Waals surface area contributed by atoms with Gasteiger partial charge in [-0.05, 0) is 32.3 Å². The Hall–Kier alpha value is -2.35. The highest BCUT2D eigenvalue weighted by molar-refractivity contribution is 5.89. The average molecular weight is 327 g/mol. The Balaban J connectivity index is 2.32. The summed E-state index contributed by atoms with van der Waals surface area (Å²) >= 11 is 0. The van der Waals surface area contributed by atoms with Crippen LogP contribution < -0.4 is 0 Å². The number of piperidine rings is 1. The monoisotopic (exact) mass is 327 g/mol. The van der Waals surface area contributed by atoms with E-state index in [4.69, 9.17) is 5.26 Å². The number of benzene rings is 1. The molecule has 1 fully saturated rings. The van der Waals surface area contributed by atoms with E-state index in [1.54, 1.807) is 16.7 Å². The first-order valence-corrected chi connectivity index (χ1v) is 8.61. The zero-order chi connectivity index (χ0) is 17.5. The van der Waals surface area contributed by atoms with Gasteiger partial charge in [-0.1, -0.05) is 30.3 Å². The molecule has 0 aliphatic carbocycles. The van der Waals surface area contributed by atoms with Crippen molar-refractivity contribution < 1.29 is 9.59 Å². The van der Waals surface area contributed by atoms with Gasteiger partial charge in [0.25, 0.3) is 0 Å². The van der Waals surface area contributed by atoms with Gasteiger partial charge in [-0.3, -0.25) is 9.59 Å².